The standard InChI is InChI=1S/C19H26N4O.ClH/c1-3-7-16(8-4-1)19-21-20-18(24-19)15-22-11-13-23(14-12-22)17-9-5-2-6-10-17;/h1,3-4,7-8,17H,2,5-6,9-15H2;1H. The van der Waals surface area contributed by atoms with Gasteiger partial charge in [-0.2, -0.15) is 0 Å². The molecule has 1 aromatic heterocycles. The predicted octanol–water partition coefficient (Wildman–Crippen LogP) is 3.61. The molecule has 1 saturated heterocycles. The number of hydrogen-bond acceptors (Lipinski definition) is 5. The Balaban J connectivity index is 0.00000182. The highest BCUT2D eigenvalue weighted by Gasteiger charge is 2.25. The lowest BCUT2D eigenvalue weighted by Gasteiger charge is -2.40. The number of aromatic nitrogens is 2. The second-order valence-electron chi connectivity index (χ2n) is 6.97. The second kappa shape index (κ2) is 8.79. The van der Waals surface area contributed by atoms with Crippen LogP contribution in [0.3, 0.4) is 0 Å². The van der Waals surface area contributed by atoms with Crippen LogP contribution in [0.5, 0.6) is 0 Å². The van der Waals surface area contributed by atoms with Crippen LogP contribution in [0.2, 0.25) is 0 Å². The smallest absolute Gasteiger partial charge is 0.247 e. The molecule has 2 aliphatic rings. The predicted molar refractivity (Wildman–Crippen MR) is 101 cm³/mol. The number of nitrogens with zero attached hydrogens (tertiary/aromatic N) is 4. The first-order chi connectivity index (χ1) is 11.9. The van der Waals surface area contributed by atoms with Crippen LogP contribution >= 0.6 is 12.4 Å². The minimum absolute atomic E-state index is 0. The molecule has 4 rings (SSSR count). The lowest BCUT2D eigenvalue weighted by atomic mass is 9.94. The fourth-order valence-corrected chi connectivity index (χ4v) is 3.94. The van der Waals surface area contributed by atoms with Crippen LogP contribution in [-0.2, 0) is 6.54 Å². The number of halogens is 1. The Bertz CT molecular complexity index is 634. The molecule has 1 aliphatic carbocycles. The van der Waals surface area contributed by atoms with Crippen molar-refractivity contribution in [2.75, 3.05) is 26.2 Å². The molecule has 0 unspecified atom stereocenters. The van der Waals surface area contributed by atoms with E-state index in [2.05, 4.69) is 20.0 Å². The Labute approximate surface area is 155 Å². The quantitative estimate of drug-likeness (QED) is 0.831. The lowest BCUT2D eigenvalue weighted by molar-refractivity contribution is 0.0714. The normalized spacial score (nSPS) is 20.3. The van der Waals surface area contributed by atoms with E-state index in [-0.39, 0.29) is 12.4 Å². The minimum Gasteiger partial charge on any atom is -0.419 e. The average Bonchev–Trinajstić information content (AvgIpc) is 3.12. The van der Waals surface area contributed by atoms with Gasteiger partial charge in [0.25, 0.3) is 0 Å². The SMILES string of the molecule is Cl.c1ccc(-c2nnc(CN3CCN(C4CCCCC4)CC3)o2)cc1. The van der Waals surface area contributed by atoms with Crippen molar-refractivity contribution < 1.29 is 4.42 Å². The molecule has 0 spiro atoms. The third kappa shape index (κ3) is 4.60. The first-order valence-corrected chi connectivity index (χ1v) is 9.23. The number of piperazine rings is 1. The van der Waals surface area contributed by atoms with Crippen LogP contribution in [0.25, 0.3) is 11.5 Å². The molecule has 136 valence electrons. The van der Waals surface area contributed by atoms with E-state index in [4.69, 9.17) is 4.42 Å². The molecule has 2 heterocycles. The first kappa shape index (κ1) is 18.4. The molecule has 0 amide bonds. The summed E-state index contributed by atoms with van der Waals surface area (Å²) >= 11 is 0. The van der Waals surface area contributed by atoms with Gasteiger partial charge in [0, 0.05) is 37.8 Å². The van der Waals surface area contributed by atoms with Crippen molar-refractivity contribution in [3.8, 4) is 11.5 Å². The molecule has 6 heteroatoms. The molecule has 0 N–H and O–H groups in total. The van der Waals surface area contributed by atoms with E-state index in [1.807, 2.05) is 30.3 Å². The van der Waals surface area contributed by atoms with E-state index in [1.165, 1.54) is 45.2 Å². The molecule has 1 aromatic carbocycles. The summed E-state index contributed by atoms with van der Waals surface area (Å²) in [7, 11) is 0. The molecule has 0 radical (unpaired) electrons. The molecule has 1 aliphatic heterocycles. The Kier molecular flexibility index (Phi) is 6.45. The highest BCUT2D eigenvalue weighted by molar-refractivity contribution is 5.85. The Hall–Kier alpha value is -1.43. The molecule has 1 saturated carbocycles. The molecule has 5 nitrogen and oxygen atoms in total. The monoisotopic (exact) mass is 362 g/mol. The molecule has 0 bridgehead atoms. The molecule has 2 fully saturated rings. The Morgan fingerprint density at radius 2 is 1.64 bits per heavy atom. The van der Waals surface area contributed by atoms with E-state index >= 15 is 0 Å². The van der Waals surface area contributed by atoms with Gasteiger partial charge in [0.15, 0.2) is 0 Å². The van der Waals surface area contributed by atoms with Crippen molar-refractivity contribution in [3.63, 3.8) is 0 Å². The van der Waals surface area contributed by atoms with Gasteiger partial charge in [0.1, 0.15) is 0 Å². The number of rotatable bonds is 4. The van der Waals surface area contributed by atoms with E-state index in [0.29, 0.717) is 5.89 Å². The summed E-state index contributed by atoms with van der Waals surface area (Å²) in [5.74, 6) is 1.34. The zero-order valence-electron chi connectivity index (χ0n) is 14.6. The highest BCUT2D eigenvalue weighted by Crippen LogP contribution is 2.24. The summed E-state index contributed by atoms with van der Waals surface area (Å²) in [5.41, 5.74) is 0.985. The van der Waals surface area contributed by atoms with E-state index in [1.54, 1.807) is 0 Å². The summed E-state index contributed by atoms with van der Waals surface area (Å²) in [6.45, 7) is 5.30. The van der Waals surface area contributed by atoms with E-state index < -0.39 is 0 Å². The van der Waals surface area contributed by atoms with Gasteiger partial charge >= 0.3 is 0 Å². The van der Waals surface area contributed by atoms with Gasteiger partial charge in [-0.05, 0) is 25.0 Å². The van der Waals surface area contributed by atoms with Crippen LogP contribution in [0.15, 0.2) is 34.7 Å². The van der Waals surface area contributed by atoms with E-state index in [9.17, 15) is 0 Å². The minimum atomic E-state index is 0. The van der Waals surface area contributed by atoms with Crippen LogP contribution in [-0.4, -0.2) is 52.2 Å². The van der Waals surface area contributed by atoms with Crippen molar-refractivity contribution in [2.24, 2.45) is 0 Å². The topological polar surface area (TPSA) is 45.4 Å². The van der Waals surface area contributed by atoms with Crippen molar-refractivity contribution in [2.45, 2.75) is 44.7 Å². The van der Waals surface area contributed by atoms with Gasteiger partial charge in [0.2, 0.25) is 11.8 Å². The van der Waals surface area contributed by atoms with E-state index in [0.717, 1.165) is 37.1 Å². The average molecular weight is 363 g/mol. The largest absolute Gasteiger partial charge is 0.419 e. The van der Waals surface area contributed by atoms with Gasteiger partial charge in [-0.1, -0.05) is 37.5 Å². The molecular formula is C19H27ClN4O. The van der Waals surface area contributed by atoms with Crippen molar-refractivity contribution in [3.05, 3.63) is 36.2 Å². The van der Waals surface area contributed by atoms with Gasteiger partial charge in [-0.3, -0.25) is 9.80 Å². The third-order valence-electron chi connectivity index (χ3n) is 5.34. The highest BCUT2D eigenvalue weighted by atomic mass is 35.5. The Morgan fingerprint density at radius 3 is 2.36 bits per heavy atom. The zero-order chi connectivity index (χ0) is 16.2. The lowest BCUT2D eigenvalue weighted by Crippen LogP contribution is -2.50. The second-order valence-corrected chi connectivity index (χ2v) is 6.97. The summed E-state index contributed by atoms with van der Waals surface area (Å²) in [6.07, 6.45) is 7.04. The van der Waals surface area contributed by atoms with Crippen LogP contribution in [0, 0.1) is 0 Å². The molecule has 0 atom stereocenters. The first-order valence-electron chi connectivity index (χ1n) is 9.23. The van der Waals surface area contributed by atoms with Crippen molar-refractivity contribution in [1.82, 2.24) is 20.0 Å². The summed E-state index contributed by atoms with van der Waals surface area (Å²) in [4.78, 5) is 5.13. The van der Waals surface area contributed by atoms with Crippen molar-refractivity contribution in [1.29, 1.82) is 0 Å². The van der Waals surface area contributed by atoms with Crippen LogP contribution in [0.1, 0.15) is 38.0 Å². The van der Waals surface area contributed by atoms with Crippen LogP contribution < -0.4 is 0 Å². The van der Waals surface area contributed by atoms with Gasteiger partial charge < -0.3 is 4.42 Å². The van der Waals surface area contributed by atoms with Gasteiger partial charge in [0.05, 0.1) is 6.54 Å². The van der Waals surface area contributed by atoms with Gasteiger partial charge in [-0.25, -0.2) is 0 Å². The Morgan fingerprint density at radius 1 is 0.920 bits per heavy atom. The van der Waals surface area contributed by atoms with Gasteiger partial charge in [-0.15, -0.1) is 22.6 Å². The zero-order valence-corrected chi connectivity index (χ0v) is 15.5. The fraction of sp³-hybridized carbons (Fsp3) is 0.579. The van der Waals surface area contributed by atoms with Crippen LogP contribution in [0.4, 0.5) is 0 Å². The third-order valence-corrected chi connectivity index (χ3v) is 5.34. The fourth-order valence-electron chi connectivity index (χ4n) is 3.94. The summed E-state index contributed by atoms with van der Waals surface area (Å²) < 4.78 is 5.84. The van der Waals surface area contributed by atoms with Crippen molar-refractivity contribution >= 4 is 12.4 Å². The molecule has 25 heavy (non-hydrogen) atoms. The maximum absolute atomic E-state index is 5.84. The maximum atomic E-state index is 5.84. The molecular weight excluding hydrogens is 336 g/mol. The maximum Gasteiger partial charge on any atom is 0.247 e. The number of hydrogen-bond donors (Lipinski definition) is 0. The molecule has 2 aromatic rings. The number of benzene rings is 1. The summed E-state index contributed by atoms with van der Waals surface area (Å²) in [6, 6.07) is 10.8. The summed E-state index contributed by atoms with van der Waals surface area (Å²) in [5, 5.41) is 8.41.